The monoisotopic (exact) mass is 251 g/mol. The predicted octanol–water partition coefficient (Wildman–Crippen LogP) is 2.77. The van der Waals surface area contributed by atoms with Gasteiger partial charge in [-0.05, 0) is 61.9 Å². The molecule has 3 heteroatoms. The fourth-order valence-corrected chi connectivity index (χ4v) is 2.69. The van der Waals surface area contributed by atoms with Gasteiger partial charge in [0.25, 0.3) is 0 Å². The van der Waals surface area contributed by atoms with Crippen LogP contribution in [0.25, 0.3) is 0 Å². The van der Waals surface area contributed by atoms with Crippen LogP contribution in [0.2, 0.25) is 0 Å². The van der Waals surface area contributed by atoms with E-state index in [2.05, 4.69) is 5.32 Å². The molecule has 1 aliphatic rings. The Kier molecular flexibility index (Phi) is 4.72. The molecule has 2 nitrogen and oxygen atoms in total. The highest BCUT2D eigenvalue weighted by Gasteiger charge is 2.19. The van der Waals surface area contributed by atoms with Crippen LogP contribution in [-0.2, 0) is 6.54 Å². The average Bonchev–Trinajstić information content (AvgIpc) is 2.34. The summed E-state index contributed by atoms with van der Waals surface area (Å²) < 4.78 is 13.1. The van der Waals surface area contributed by atoms with Gasteiger partial charge in [0, 0.05) is 6.54 Å². The fraction of sp³-hybridized carbons (Fsp3) is 0.600. The van der Waals surface area contributed by atoms with Gasteiger partial charge in [0.1, 0.15) is 5.82 Å². The van der Waals surface area contributed by atoms with E-state index in [0.29, 0.717) is 12.5 Å². The Morgan fingerprint density at radius 3 is 3.00 bits per heavy atom. The smallest absolute Gasteiger partial charge is 0.123 e. The quantitative estimate of drug-likeness (QED) is 0.862. The fourth-order valence-electron chi connectivity index (χ4n) is 2.69. The van der Waals surface area contributed by atoms with Crippen LogP contribution in [0.5, 0.6) is 0 Å². The van der Waals surface area contributed by atoms with E-state index in [1.165, 1.54) is 12.5 Å². The van der Waals surface area contributed by atoms with Gasteiger partial charge in [-0.3, -0.25) is 0 Å². The summed E-state index contributed by atoms with van der Waals surface area (Å²) in [6, 6.07) is 4.91. The SMILES string of the molecule is Cc1ccc(F)cc1CNCC1CCCC(O)C1. The molecular weight excluding hydrogens is 229 g/mol. The van der Waals surface area contributed by atoms with Gasteiger partial charge < -0.3 is 10.4 Å². The predicted molar refractivity (Wildman–Crippen MR) is 70.8 cm³/mol. The zero-order valence-electron chi connectivity index (χ0n) is 11.0. The molecule has 0 aliphatic heterocycles. The van der Waals surface area contributed by atoms with Crippen LogP contribution < -0.4 is 5.32 Å². The van der Waals surface area contributed by atoms with Crippen molar-refractivity contribution in [2.75, 3.05) is 6.54 Å². The van der Waals surface area contributed by atoms with Crippen molar-refractivity contribution in [3.05, 3.63) is 35.1 Å². The lowest BCUT2D eigenvalue weighted by Gasteiger charge is -2.26. The lowest BCUT2D eigenvalue weighted by Crippen LogP contribution is -2.29. The molecular formula is C15H22FNO. The van der Waals surface area contributed by atoms with Gasteiger partial charge >= 0.3 is 0 Å². The number of aliphatic hydroxyl groups is 1. The Morgan fingerprint density at radius 1 is 1.39 bits per heavy atom. The number of nitrogens with one attached hydrogen (secondary N) is 1. The molecule has 0 aromatic heterocycles. The molecule has 18 heavy (non-hydrogen) atoms. The second kappa shape index (κ2) is 6.30. The van der Waals surface area contributed by atoms with Crippen LogP contribution in [0.15, 0.2) is 18.2 Å². The molecule has 0 amide bonds. The first-order valence-corrected chi connectivity index (χ1v) is 6.79. The summed E-state index contributed by atoms with van der Waals surface area (Å²) in [6.45, 7) is 3.62. The third-order valence-corrected chi connectivity index (χ3v) is 3.81. The van der Waals surface area contributed by atoms with E-state index < -0.39 is 0 Å². The topological polar surface area (TPSA) is 32.3 Å². The maximum Gasteiger partial charge on any atom is 0.123 e. The Morgan fingerprint density at radius 2 is 2.22 bits per heavy atom. The molecule has 2 N–H and O–H groups in total. The molecule has 100 valence electrons. The first-order valence-electron chi connectivity index (χ1n) is 6.79. The molecule has 0 heterocycles. The molecule has 1 aliphatic carbocycles. The van der Waals surface area contributed by atoms with Gasteiger partial charge in [-0.15, -0.1) is 0 Å². The molecule has 0 bridgehead atoms. The van der Waals surface area contributed by atoms with Gasteiger partial charge in [0.05, 0.1) is 6.10 Å². The highest BCUT2D eigenvalue weighted by atomic mass is 19.1. The summed E-state index contributed by atoms with van der Waals surface area (Å²) in [5.74, 6) is 0.383. The zero-order chi connectivity index (χ0) is 13.0. The van der Waals surface area contributed by atoms with Crippen molar-refractivity contribution in [3.63, 3.8) is 0 Å². The van der Waals surface area contributed by atoms with E-state index in [4.69, 9.17) is 0 Å². The Bertz CT molecular complexity index is 394. The third kappa shape index (κ3) is 3.79. The molecule has 0 radical (unpaired) electrons. The third-order valence-electron chi connectivity index (χ3n) is 3.81. The average molecular weight is 251 g/mol. The minimum absolute atomic E-state index is 0.124. The number of hydrogen-bond donors (Lipinski definition) is 2. The van der Waals surface area contributed by atoms with E-state index in [0.717, 1.165) is 36.9 Å². The number of aryl methyl sites for hydroxylation is 1. The molecule has 2 atom stereocenters. The lowest BCUT2D eigenvalue weighted by atomic mass is 9.87. The standard InChI is InChI=1S/C15H22FNO/c1-11-5-6-14(16)8-13(11)10-17-9-12-3-2-4-15(18)7-12/h5-6,8,12,15,17-18H,2-4,7,9-10H2,1H3. The van der Waals surface area contributed by atoms with E-state index in [1.54, 1.807) is 6.07 Å². The van der Waals surface area contributed by atoms with Crippen molar-refractivity contribution in [2.24, 2.45) is 5.92 Å². The minimum Gasteiger partial charge on any atom is -0.393 e. The Balaban J connectivity index is 1.79. The van der Waals surface area contributed by atoms with Crippen molar-refractivity contribution in [1.82, 2.24) is 5.32 Å². The molecule has 1 aromatic carbocycles. The maximum absolute atomic E-state index is 13.1. The van der Waals surface area contributed by atoms with Gasteiger partial charge in [-0.1, -0.05) is 12.5 Å². The summed E-state index contributed by atoms with van der Waals surface area (Å²) >= 11 is 0. The Labute approximate surface area is 108 Å². The number of aliphatic hydroxyl groups excluding tert-OH is 1. The number of benzene rings is 1. The zero-order valence-corrected chi connectivity index (χ0v) is 11.0. The molecule has 0 spiro atoms. The van der Waals surface area contributed by atoms with Crippen molar-refractivity contribution in [3.8, 4) is 0 Å². The second-order valence-corrected chi connectivity index (χ2v) is 5.39. The summed E-state index contributed by atoms with van der Waals surface area (Å²) in [5, 5.41) is 13.0. The minimum atomic E-state index is -0.175. The second-order valence-electron chi connectivity index (χ2n) is 5.39. The van der Waals surface area contributed by atoms with E-state index in [-0.39, 0.29) is 11.9 Å². The van der Waals surface area contributed by atoms with Gasteiger partial charge in [0.15, 0.2) is 0 Å². The highest BCUT2D eigenvalue weighted by molar-refractivity contribution is 5.26. The van der Waals surface area contributed by atoms with Gasteiger partial charge in [-0.2, -0.15) is 0 Å². The lowest BCUT2D eigenvalue weighted by molar-refractivity contribution is 0.101. The van der Waals surface area contributed by atoms with Crippen LogP contribution in [0.4, 0.5) is 4.39 Å². The number of rotatable bonds is 4. The van der Waals surface area contributed by atoms with E-state index >= 15 is 0 Å². The largest absolute Gasteiger partial charge is 0.393 e. The first-order chi connectivity index (χ1) is 8.65. The molecule has 1 saturated carbocycles. The summed E-state index contributed by atoms with van der Waals surface area (Å²) in [4.78, 5) is 0. The van der Waals surface area contributed by atoms with E-state index in [1.807, 2.05) is 13.0 Å². The van der Waals surface area contributed by atoms with Crippen LogP contribution in [0.1, 0.15) is 36.8 Å². The summed E-state index contributed by atoms with van der Waals surface area (Å²) in [5.41, 5.74) is 2.14. The van der Waals surface area contributed by atoms with Gasteiger partial charge in [-0.25, -0.2) is 4.39 Å². The Hall–Kier alpha value is -0.930. The van der Waals surface area contributed by atoms with E-state index in [9.17, 15) is 9.50 Å². The normalized spacial score (nSPS) is 24.2. The molecule has 2 rings (SSSR count). The summed E-state index contributed by atoms with van der Waals surface area (Å²) in [6.07, 6.45) is 4.02. The number of hydrogen-bond acceptors (Lipinski definition) is 2. The molecule has 0 saturated heterocycles. The van der Waals surface area contributed by atoms with Crippen LogP contribution in [0, 0.1) is 18.7 Å². The maximum atomic E-state index is 13.1. The summed E-state index contributed by atoms with van der Waals surface area (Å²) in [7, 11) is 0. The van der Waals surface area contributed by atoms with Crippen molar-refractivity contribution < 1.29 is 9.50 Å². The van der Waals surface area contributed by atoms with Crippen molar-refractivity contribution >= 4 is 0 Å². The molecule has 1 fully saturated rings. The molecule has 1 aromatic rings. The number of halogens is 1. The van der Waals surface area contributed by atoms with Crippen LogP contribution in [0.3, 0.4) is 0 Å². The van der Waals surface area contributed by atoms with Gasteiger partial charge in [0.2, 0.25) is 0 Å². The highest BCUT2D eigenvalue weighted by Crippen LogP contribution is 2.23. The van der Waals surface area contributed by atoms with Crippen LogP contribution in [-0.4, -0.2) is 17.8 Å². The van der Waals surface area contributed by atoms with Crippen molar-refractivity contribution in [1.29, 1.82) is 0 Å². The van der Waals surface area contributed by atoms with Crippen LogP contribution >= 0.6 is 0 Å². The first kappa shape index (κ1) is 13.5. The van der Waals surface area contributed by atoms with Crippen molar-refractivity contribution in [2.45, 2.75) is 45.3 Å². The molecule has 2 unspecified atom stereocenters.